The molecule has 1 aromatic carbocycles. The molecule has 0 N–H and O–H groups in total. The highest BCUT2D eigenvalue weighted by atomic mass is 35.5. The molecule has 0 aliphatic carbocycles. The molecule has 0 aromatic heterocycles. The van der Waals surface area contributed by atoms with Crippen molar-refractivity contribution < 1.29 is 4.39 Å². The zero-order valence-electron chi connectivity index (χ0n) is 4.99. The van der Waals surface area contributed by atoms with E-state index in [9.17, 15) is 4.39 Å². The zero-order chi connectivity index (χ0) is 7.56. The van der Waals surface area contributed by atoms with Gasteiger partial charge in [0, 0.05) is 0 Å². The summed E-state index contributed by atoms with van der Waals surface area (Å²) in [6.07, 6.45) is 6.63. The van der Waals surface area contributed by atoms with Crippen molar-refractivity contribution in [1.82, 2.24) is 0 Å². The molecule has 10 heavy (non-hydrogen) atoms. The number of halogens is 2. The Kier molecular flexibility index (Phi) is 1.94. The predicted octanol–water partition coefficient (Wildman–Crippen LogP) is 2.42. The standard InChI is InChI=1S/C8H3ClF/c1-2-6-4-3-5-7(9)8(6)10/h3-5H. The van der Waals surface area contributed by atoms with E-state index in [4.69, 9.17) is 18.0 Å². The summed E-state index contributed by atoms with van der Waals surface area (Å²) in [6, 6.07) is 4.44. The van der Waals surface area contributed by atoms with Gasteiger partial charge in [0.2, 0.25) is 0 Å². The van der Waals surface area contributed by atoms with E-state index in [1.165, 1.54) is 12.1 Å². The van der Waals surface area contributed by atoms with E-state index in [0.717, 1.165) is 0 Å². The van der Waals surface area contributed by atoms with Gasteiger partial charge in [-0.15, -0.1) is 0 Å². The van der Waals surface area contributed by atoms with Crippen LogP contribution in [0.2, 0.25) is 5.02 Å². The van der Waals surface area contributed by atoms with E-state index in [1.807, 2.05) is 5.92 Å². The summed E-state index contributed by atoms with van der Waals surface area (Å²) in [5.41, 5.74) is 0.0903. The van der Waals surface area contributed by atoms with E-state index in [1.54, 1.807) is 6.07 Å². The van der Waals surface area contributed by atoms with Crippen LogP contribution in [0.5, 0.6) is 0 Å². The molecule has 49 valence electrons. The fraction of sp³-hybridized carbons (Fsp3) is 0. The molecule has 1 aromatic rings. The van der Waals surface area contributed by atoms with Crippen LogP contribution < -0.4 is 0 Å². The minimum atomic E-state index is -0.584. The van der Waals surface area contributed by atoms with Gasteiger partial charge in [0.25, 0.3) is 0 Å². The van der Waals surface area contributed by atoms with Gasteiger partial charge in [0.05, 0.1) is 10.6 Å². The van der Waals surface area contributed by atoms with Crippen molar-refractivity contribution in [3.63, 3.8) is 0 Å². The molecule has 1 rings (SSSR count). The average molecular weight is 154 g/mol. The molecular formula is C8H3ClF. The number of rotatable bonds is 0. The maximum atomic E-state index is 12.7. The molecule has 0 nitrogen and oxygen atoms in total. The molecule has 0 saturated heterocycles. The van der Waals surface area contributed by atoms with Gasteiger partial charge >= 0.3 is 0 Å². The van der Waals surface area contributed by atoms with Gasteiger partial charge in [-0.3, -0.25) is 0 Å². The van der Waals surface area contributed by atoms with Crippen molar-refractivity contribution >= 4 is 11.6 Å². The third kappa shape index (κ3) is 1.12. The molecule has 1 radical (unpaired) electrons. The van der Waals surface area contributed by atoms with Gasteiger partial charge in [-0.25, -0.2) is 4.39 Å². The molecule has 0 amide bonds. The highest BCUT2D eigenvalue weighted by molar-refractivity contribution is 6.30. The second-order valence-electron chi connectivity index (χ2n) is 1.73. The molecule has 0 atom stereocenters. The van der Waals surface area contributed by atoms with Crippen LogP contribution >= 0.6 is 11.6 Å². The zero-order valence-corrected chi connectivity index (χ0v) is 5.74. The lowest BCUT2D eigenvalue weighted by molar-refractivity contribution is 0.625. The Morgan fingerprint density at radius 1 is 1.50 bits per heavy atom. The average Bonchev–Trinajstić information content (AvgIpc) is 1.95. The molecule has 0 saturated carbocycles. The van der Waals surface area contributed by atoms with E-state index < -0.39 is 5.82 Å². The third-order valence-electron chi connectivity index (χ3n) is 1.09. The van der Waals surface area contributed by atoms with Gasteiger partial charge in [-0.1, -0.05) is 17.7 Å². The fourth-order valence-corrected chi connectivity index (χ4v) is 0.775. The number of benzene rings is 1. The lowest BCUT2D eigenvalue weighted by Gasteiger charge is -1.93. The van der Waals surface area contributed by atoms with Gasteiger partial charge in [-0.2, -0.15) is 0 Å². The highest BCUT2D eigenvalue weighted by Gasteiger charge is 2.01. The first-order valence-electron chi connectivity index (χ1n) is 2.62. The minimum absolute atomic E-state index is 0.0252. The molecule has 0 spiro atoms. The van der Waals surface area contributed by atoms with E-state index in [0.29, 0.717) is 0 Å². The van der Waals surface area contributed by atoms with Gasteiger partial charge in [-0.05, 0) is 24.5 Å². The maximum absolute atomic E-state index is 12.7. The molecule has 0 heterocycles. The first-order chi connectivity index (χ1) is 4.75. The Labute approximate surface area is 63.6 Å². The minimum Gasteiger partial charge on any atom is -0.204 e. The summed E-state index contributed by atoms with van der Waals surface area (Å²) in [7, 11) is 0. The predicted molar refractivity (Wildman–Crippen MR) is 37.6 cm³/mol. The second-order valence-corrected chi connectivity index (χ2v) is 2.13. The van der Waals surface area contributed by atoms with Crippen molar-refractivity contribution in [2.45, 2.75) is 0 Å². The number of hydrogen-bond acceptors (Lipinski definition) is 0. The third-order valence-corrected chi connectivity index (χ3v) is 1.38. The van der Waals surface area contributed by atoms with Crippen LogP contribution in [0.25, 0.3) is 0 Å². The Balaban J connectivity index is 3.31. The maximum Gasteiger partial charge on any atom is 0.157 e. The summed E-state index contributed by atoms with van der Waals surface area (Å²) < 4.78 is 12.7. The smallest absolute Gasteiger partial charge is 0.157 e. The topological polar surface area (TPSA) is 0 Å². The van der Waals surface area contributed by atoms with Crippen LogP contribution in [0.4, 0.5) is 4.39 Å². The van der Waals surface area contributed by atoms with Crippen molar-refractivity contribution in [3.8, 4) is 5.92 Å². The van der Waals surface area contributed by atoms with Crippen molar-refractivity contribution in [2.75, 3.05) is 0 Å². The Bertz CT molecular complexity index is 286. The molecule has 0 aliphatic rings. The van der Waals surface area contributed by atoms with Gasteiger partial charge < -0.3 is 0 Å². The van der Waals surface area contributed by atoms with E-state index in [-0.39, 0.29) is 10.6 Å². The van der Waals surface area contributed by atoms with Crippen LogP contribution in [-0.2, 0) is 0 Å². The second kappa shape index (κ2) is 2.72. The van der Waals surface area contributed by atoms with Crippen LogP contribution in [0.1, 0.15) is 5.56 Å². The largest absolute Gasteiger partial charge is 0.204 e. The van der Waals surface area contributed by atoms with Crippen molar-refractivity contribution in [3.05, 3.63) is 41.0 Å². The van der Waals surface area contributed by atoms with Crippen molar-refractivity contribution in [1.29, 1.82) is 0 Å². The van der Waals surface area contributed by atoms with E-state index in [2.05, 4.69) is 0 Å². The summed E-state index contributed by atoms with van der Waals surface area (Å²) in [5, 5.41) is 0.0252. The summed E-state index contributed by atoms with van der Waals surface area (Å²) in [5.74, 6) is 1.34. The van der Waals surface area contributed by atoms with Gasteiger partial charge in [0.15, 0.2) is 5.82 Å². The summed E-state index contributed by atoms with van der Waals surface area (Å²) in [6.45, 7) is 0. The van der Waals surface area contributed by atoms with Crippen LogP contribution in [0.3, 0.4) is 0 Å². The van der Waals surface area contributed by atoms with Crippen LogP contribution in [0.15, 0.2) is 18.2 Å². The summed E-state index contributed by atoms with van der Waals surface area (Å²) >= 11 is 5.39. The van der Waals surface area contributed by atoms with Crippen LogP contribution in [-0.4, -0.2) is 0 Å². The molecule has 2 heteroatoms. The Morgan fingerprint density at radius 3 is 2.70 bits per heavy atom. The lowest BCUT2D eigenvalue weighted by Crippen LogP contribution is -1.82. The fourth-order valence-electron chi connectivity index (χ4n) is 0.600. The Hall–Kier alpha value is -1.00. The first-order valence-corrected chi connectivity index (χ1v) is 3.00. The van der Waals surface area contributed by atoms with Gasteiger partial charge in [0.1, 0.15) is 0 Å². The molecular weight excluding hydrogens is 151 g/mol. The first kappa shape index (κ1) is 7.11. The SMILES string of the molecule is [C]#Cc1cccc(Cl)c1F. The van der Waals surface area contributed by atoms with Crippen LogP contribution in [0, 0.1) is 18.2 Å². The Morgan fingerprint density at radius 2 is 2.20 bits per heavy atom. The van der Waals surface area contributed by atoms with E-state index >= 15 is 0 Å². The summed E-state index contributed by atoms with van der Waals surface area (Å²) in [4.78, 5) is 0. The molecule has 0 unspecified atom stereocenters. The monoisotopic (exact) mass is 153 g/mol. The molecule has 0 aliphatic heterocycles. The molecule has 0 fully saturated rings. The molecule has 0 bridgehead atoms. The lowest BCUT2D eigenvalue weighted by atomic mass is 10.2. The number of hydrogen-bond donors (Lipinski definition) is 0. The van der Waals surface area contributed by atoms with Crippen molar-refractivity contribution in [2.24, 2.45) is 0 Å². The quantitative estimate of drug-likeness (QED) is 0.502. The normalized spacial score (nSPS) is 8.90. The highest BCUT2D eigenvalue weighted by Crippen LogP contribution is 2.16.